The van der Waals surface area contributed by atoms with Crippen molar-refractivity contribution in [2.75, 3.05) is 39.3 Å². The van der Waals surface area contributed by atoms with E-state index in [2.05, 4.69) is 66.1 Å². The highest BCUT2D eigenvalue weighted by Gasteiger charge is 2.23. The summed E-state index contributed by atoms with van der Waals surface area (Å²) in [4.78, 5) is 32.0. The lowest BCUT2D eigenvalue weighted by Crippen LogP contribution is -2.27. The molecule has 3 aliphatic heterocycles. The van der Waals surface area contributed by atoms with Crippen LogP contribution < -0.4 is 16.0 Å². The lowest BCUT2D eigenvalue weighted by molar-refractivity contribution is 0.445. The van der Waals surface area contributed by atoms with Crippen molar-refractivity contribution < 1.29 is 13.2 Å². The number of halogens is 3. The smallest absolute Gasteiger partial charge is 0.156 e. The summed E-state index contributed by atoms with van der Waals surface area (Å²) in [6, 6.07) is 20.4. The van der Waals surface area contributed by atoms with Crippen molar-refractivity contribution in [3.63, 3.8) is 0 Å². The van der Waals surface area contributed by atoms with Gasteiger partial charge in [0.05, 0.1) is 45.0 Å². The standard InChI is InChI=1S/2C22H22FN5.C21H21FN6/c1-13-7-15(8-17-12-28(2)27-21(13)17)18-9-16-11-25-22(14-3-5-24-6-4-14)26-20(16)10-19(18)23;1-13-9-15(10-16-12-28(2)27-21(13)16)17-3-4-19-18(20(17)23)11-25-22(26-19)14-5-7-24-8-6-14;1-12-7-18(27-28-11-13(2)25-21(12)28)15-8-16-10-24-20(14-3-5-23-6-4-14)26-19(16)17(22)9-15/h7-12,14,24H,3-6H2,1-2H3;3-4,9-12,14,24H,5-8H2,1-2H3;7-11,14,23H,3-6H2,1-2H3. The Hall–Kier alpha value is -8.65. The van der Waals surface area contributed by atoms with Crippen molar-refractivity contribution in [3.05, 3.63) is 161 Å². The first-order valence-electron chi connectivity index (χ1n) is 29.0. The average Bonchev–Trinajstić information content (AvgIpc) is 3.60. The summed E-state index contributed by atoms with van der Waals surface area (Å²) in [5.74, 6) is 2.52. The van der Waals surface area contributed by atoms with Crippen molar-refractivity contribution in [2.45, 2.75) is 84.0 Å². The zero-order chi connectivity index (χ0) is 57.8. The fourth-order valence-corrected chi connectivity index (χ4v) is 12.2. The number of nitrogens with zero attached hydrogens (tertiary/aromatic N) is 13. The average molecular weight is 1130 g/mol. The summed E-state index contributed by atoms with van der Waals surface area (Å²) < 4.78 is 50.6. The molecule has 0 amide bonds. The molecule has 3 fully saturated rings. The number of benzene rings is 5. The molecule has 0 bridgehead atoms. The van der Waals surface area contributed by atoms with Gasteiger partial charge in [0.2, 0.25) is 0 Å². The van der Waals surface area contributed by atoms with Crippen LogP contribution in [0.25, 0.3) is 93.7 Å². The molecule has 15 rings (SSSR count). The first kappa shape index (κ1) is 54.6. The second-order valence-corrected chi connectivity index (χ2v) is 22.8. The number of aromatic nitrogens is 13. The molecule has 19 heteroatoms. The van der Waals surface area contributed by atoms with Gasteiger partial charge in [0.25, 0.3) is 0 Å². The zero-order valence-electron chi connectivity index (χ0n) is 48.0. The SMILES string of the molecule is Cc1cc(-c2cc3cnc(C4CCNCC4)nc3cc2F)cc2cn(C)nc12.Cc1cc(-c2ccc3nc(C4CCNCC4)ncc3c2F)cc2cn(C)nc12.Cc1cn2nc(-c3cc(F)c4nc(C5CCNCC5)ncc4c3)cc(C)c2n1. The molecule has 84 heavy (non-hydrogen) atoms. The zero-order valence-corrected chi connectivity index (χ0v) is 48.0. The summed E-state index contributed by atoms with van der Waals surface area (Å²) in [6.07, 6.45) is 17.1. The number of fused-ring (bicyclic) bond motifs is 6. The van der Waals surface area contributed by atoms with Gasteiger partial charge in [-0.3, -0.25) is 9.36 Å². The number of nitrogens with one attached hydrogen (secondary N) is 3. The minimum atomic E-state index is -0.341. The Bertz CT molecular complexity index is 4370. The molecule has 5 aromatic carbocycles. The number of rotatable bonds is 6. The van der Waals surface area contributed by atoms with E-state index in [1.807, 2.05) is 121 Å². The molecule has 3 N–H and O–H groups in total. The van der Waals surface area contributed by atoms with Crippen molar-refractivity contribution in [3.8, 4) is 33.5 Å². The van der Waals surface area contributed by atoms with E-state index < -0.39 is 0 Å². The Morgan fingerprint density at radius 1 is 0.452 bits per heavy atom. The van der Waals surface area contributed by atoms with Crippen LogP contribution in [0.3, 0.4) is 0 Å². The summed E-state index contributed by atoms with van der Waals surface area (Å²) in [6.45, 7) is 13.8. The van der Waals surface area contributed by atoms with E-state index in [1.165, 1.54) is 6.07 Å². The van der Waals surface area contributed by atoms with E-state index in [0.717, 1.165) is 162 Å². The predicted octanol–water partition coefficient (Wildman–Crippen LogP) is 11.8. The maximum absolute atomic E-state index is 15.4. The normalized spacial score (nSPS) is 15.5. The molecule has 426 valence electrons. The molecule has 10 heterocycles. The van der Waals surface area contributed by atoms with Gasteiger partial charge in [0, 0.05) is 107 Å². The van der Waals surface area contributed by atoms with Crippen LogP contribution in [-0.2, 0) is 14.1 Å². The molecule has 0 atom stereocenters. The van der Waals surface area contributed by atoms with Crippen LogP contribution in [0.4, 0.5) is 13.2 Å². The Morgan fingerprint density at radius 3 is 1.60 bits per heavy atom. The van der Waals surface area contributed by atoms with Crippen molar-refractivity contribution >= 4 is 60.2 Å². The van der Waals surface area contributed by atoms with Crippen LogP contribution in [0.5, 0.6) is 0 Å². The Morgan fingerprint density at radius 2 is 0.988 bits per heavy atom. The van der Waals surface area contributed by atoms with Crippen molar-refractivity contribution in [1.29, 1.82) is 0 Å². The third kappa shape index (κ3) is 10.9. The van der Waals surface area contributed by atoms with E-state index in [9.17, 15) is 4.39 Å². The van der Waals surface area contributed by atoms with Crippen LogP contribution in [0, 0.1) is 45.1 Å². The highest BCUT2D eigenvalue weighted by atomic mass is 19.1. The largest absolute Gasteiger partial charge is 0.317 e. The summed E-state index contributed by atoms with van der Waals surface area (Å²) in [7, 11) is 3.79. The van der Waals surface area contributed by atoms with Crippen molar-refractivity contribution in [2.24, 2.45) is 14.1 Å². The van der Waals surface area contributed by atoms with Gasteiger partial charge >= 0.3 is 0 Å². The minimum absolute atomic E-state index is 0.259. The fraction of sp³-hybridized carbons (Fsp3) is 0.323. The second-order valence-electron chi connectivity index (χ2n) is 22.8. The predicted molar refractivity (Wildman–Crippen MR) is 323 cm³/mol. The third-order valence-electron chi connectivity index (χ3n) is 16.6. The van der Waals surface area contributed by atoms with E-state index >= 15 is 8.78 Å². The first-order valence-corrected chi connectivity index (χ1v) is 29.0. The van der Waals surface area contributed by atoms with Crippen LogP contribution >= 0.6 is 0 Å². The molecule has 0 aliphatic carbocycles. The van der Waals surface area contributed by atoms with Crippen molar-refractivity contribution in [1.82, 2.24) is 80.0 Å². The summed E-state index contributed by atoms with van der Waals surface area (Å²) >= 11 is 0. The minimum Gasteiger partial charge on any atom is -0.317 e. The number of hydrogen-bond donors (Lipinski definition) is 3. The van der Waals surface area contributed by atoms with Crippen LogP contribution in [0.1, 0.15) is 96.1 Å². The molecule has 12 aromatic rings. The van der Waals surface area contributed by atoms with Gasteiger partial charge in [-0.05, 0) is 194 Å². The quantitative estimate of drug-likeness (QED) is 0.143. The highest BCUT2D eigenvalue weighted by Crippen LogP contribution is 2.36. The Labute approximate surface area is 483 Å². The van der Waals surface area contributed by atoms with E-state index in [1.54, 1.807) is 32.3 Å². The number of aryl methyl sites for hydroxylation is 6. The van der Waals surface area contributed by atoms with E-state index in [0.29, 0.717) is 67.5 Å². The van der Waals surface area contributed by atoms with Crippen LogP contribution in [0.15, 0.2) is 104 Å². The number of hydrogen-bond acceptors (Lipinski definition) is 13. The fourth-order valence-electron chi connectivity index (χ4n) is 12.2. The molecule has 0 saturated carbocycles. The highest BCUT2D eigenvalue weighted by molar-refractivity contribution is 5.92. The van der Waals surface area contributed by atoms with Crippen LogP contribution in [0.2, 0.25) is 0 Å². The lowest BCUT2D eigenvalue weighted by Gasteiger charge is -2.21. The maximum Gasteiger partial charge on any atom is 0.156 e. The van der Waals surface area contributed by atoms with E-state index in [-0.39, 0.29) is 17.5 Å². The van der Waals surface area contributed by atoms with E-state index in [4.69, 9.17) is 0 Å². The Balaban J connectivity index is 0.000000118. The molecule has 0 unspecified atom stereocenters. The number of piperidine rings is 3. The van der Waals surface area contributed by atoms with Gasteiger partial charge < -0.3 is 16.0 Å². The van der Waals surface area contributed by atoms with Gasteiger partial charge in [-0.25, -0.2) is 52.6 Å². The topological polar surface area (TPSA) is 179 Å². The molecule has 3 aliphatic rings. The summed E-state index contributed by atoms with van der Waals surface area (Å²) in [5.41, 5.74) is 12.6. The molecular weight excluding hydrogens is 1060 g/mol. The monoisotopic (exact) mass is 1130 g/mol. The van der Waals surface area contributed by atoms with Gasteiger partial charge in [0.15, 0.2) is 5.65 Å². The van der Waals surface area contributed by atoms with Gasteiger partial charge in [-0.15, -0.1) is 0 Å². The first-order chi connectivity index (χ1) is 40.8. The second kappa shape index (κ2) is 22.8. The maximum atomic E-state index is 15.4. The number of imidazole rings is 1. The molecule has 0 radical (unpaired) electrons. The van der Waals surface area contributed by atoms with Gasteiger partial charge in [-0.1, -0.05) is 0 Å². The summed E-state index contributed by atoms with van der Waals surface area (Å²) in [5, 5.41) is 27.6. The molecule has 3 saturated heterocycles. The molecule has 7 aromatic heterocycles. The molecule has 0 spiro atoms. The Kier molecular flexibility index (Phi) is 14.8. The molecular formula is C65H65F3N16. The van der Waals surface area contributed by atoms with Gasteiger partial charge in [0.1, 0.15) is 40.4 Å². The lowest BCUT2D eigenvalue weighted by atomic mass is 9.96. The third-order valence-corrected chi connectivity index (χ3v) is 16.6. The van der Waals surface area contributed by atoms with Crippen LogP contribution in [-0.4, -0.2) is 103 Å². The molecule has 16 nitrogen and oxygen atoms in total. The van der Waals surface area contributed by atoms with Gasteiger partial charge in [-0.2, -0.15) is 15.3 Å².